The van der Waals surface area contributed by atoms with Gasteiger partial charge in [-0.05, 0) is 18.8 Å². The number of amides is 2. The highest BCUT2D eigenvalue weighted by Gasteiger charge is 2.34. The number of likely N-dealkylation sites (tertiary alicyclic amines) is 1. The third kappa shape index (κ3) is 2.19. The molecule has 2 fully saturated rings. The molecule has 0 aromatic rings. The van der Waals surface area contributed by atoms with E-state index in [4.69, 9.17) is 6.42 Å². The topological polar surface area (TPSA) is 49.4 Å². The minimum Gasteiger partial charge on any atom is -0.353 e. The van der Waals surface area contributed by atoms with Gasteiger partial charge in [0, 0.05) is 25.6 Å². The summed E-state index contributed by atoms with van der Waals surface area (Å²) in [5.41, 5.74) is 0. The van der Waals surface area contributed by atoms with Crippen LogP contribution in [-0.2, 0) is 9.59 Å². The number of carbonyl (C=O) groups is 2. The van der Waals surface area contributed by atoms with E-state index >= 15 is 0 Å². The number of terminal acetylenes is 1. The second-order valence-electron chi connectivity index (χ2n) is 4.48. The van der Waals surface area contributed by atoms with Crippen LogP contribution in [0.1, 0.15) is 25.7 Å². The average Bonchev–Trinajstić information content (AvgIpc) is 2.28. The standard InChI is InChI=1S/C12H16N2O2/c1-2-3-12(16)14-7-6-10-9(8-14)4-5-11(15)13-10/h1,9-10H,3-8H2,(H,13,15). The van der Waals surface area contributed by atoms with E-state index in [-0.39, 0.29) is 24.3 Å². The van der Waals surface area contributed by atoms with Crippen molar-refractivity contribution >= 4 is 11.8 Å². The molecule has 4 nitrogen and oxygen atoms in total. The van der Waals surface area contributed by atoms with Crippen LogP contribution in [0.3, 0.4) is 0 Å². The molecule has 0 bridgehead atoms. The maximum atomic E-state index is 11.6. The molecule has 2 heterocycles. The molecule has 2 atom stereocenters. The first-order chi connectivity index (χ1) is 7.70. The summed E-state index contributed by atoms with van der Waals surface area (Å²) in [5, 5.41) is 2.99. The summed E-state index contributed by atoms with van der Waals surface area (Å²) in [7, 11) is 0. The van der Waals surface area contributed by atoms with Crippen LogP contribution < -0.4 is 5.32 Å². The van der Waals surface area contributed by atoms with E-state index in [9.17, 15) is 9.59 Å². The van der Waals surface area contributed by atoms with Gasteiger partial charge in [-0.15, -0.1) is 6.42 Å². The van der Waals surface area contributed by atoms with Crippen molar-refractivity contribution in [3.8, 4) is 12.3 Å². The smallest absolute Gasteiger partial charge is 0.234 e. The molecule has 2 aliphatic heterocycles. The van der Waals surface area contributed by atoms with Crippen molar-refractivity contribution in [2.75, 3.05) is 13.1 Å². The second-order valence-corrected chi connectivity index (χ2v) is 4.48. The molecule has 0 aromatic carbocycles. The Labute approximate surface area is 95.4 Å². The van der Waals surface area contributed by atoms with Crippen molar-refractivity contribution in [2.24, 2.45) is 5.92 Å². The van der Waals surface area contributed by atoms with Gasteiger partial charge in [0.05, 0.1) is 6.42 Å². The van der Waals surface area contributed by atoms with Gasteiger partial charge in [0.1, 0.15) is 0 Å². The third-order valence-electron chi connectivity index (χ3n) is 3.43. The molecule has 86 valence electrons. The Kier molecular flexibility index (Phi) is 3.14. The van der Waals surface area contributed by atoms with Crippen LogP contribution in [-0.4, -0.2) is 35.8 Å². The van der Waals surface area contributed by atoms with E-state index < -0.39 is 0 Å². The van der Waals surface area contributed by atoms with Crippen molar-refractivity contribution < 1.29 is 9.59 Å². The molecule has 16 heavy (non-hydrogen) atoms. The number of hydrogen-bond acceptors (Lipinski definition) is 2. The molecule has 0 aliphatic carbocycles. The molecule has 1 N–H and O–H groups in total. The molecule has 0 aromatic heterocycles. The molecule has 2 amide bonds. The van der Waals surface area contributed by atoms with Crippen LogP contribution in [0.15, 0.2) is 0 Å². The highest BCUT2D eigenvalue weighted by atomic mass is 16.2. The Morgan fingerprint density at radius 1 is 1.56 bits per heavy atom. The van der Waals surface area contributed by atoms with Crippen LogP contribution in [0.25, 0.3) is 0 Å². The van der Waals surface area contributed by atoms with Gasteiger partial charge in [-0.2, -0.15) is 0 Å². The fraction of sp³-hybridized carbons (Fsp3) is 0.667. The Morgan fingerprint density at radius 3 is 3.12 bits per heavy atom. The van der Waals surface area contributed by atoms with E-state index in [0.29, 0.717) is 18.9 Å². The van der Waals surface area contributed by atoms with Gasteiger partial charge < -0.3 is 10.2 Å². The highest BCUT2D eigenvalue weighted by molar-refractivity contribution is 5.79. The van der Waals surface area contributed by atoms with Crippen molar-refractivity contribution in [3.05, 3.63) is 0 Å². The maximum absolute atomic E-state index is 11.6. The van der Waals surface area contributed by atoms with Crippen molar-refractivity contribution in [1.29, 1.82) is 0 Å². The Balaban J connectivity index is 1.93. The van der Waals surface area contributed by atoms with Gasteiger partial charge in [-0.25, -0.2) is 0 Å². The SMILES string of the molecule is C#CCC(=O)N1CCC2NC(=O)CCC2C1. The van der Waals surface area contributed by atoms with Gasteiger partial charge in [0.15, 0.2) is 0 Å². The van der Waals surface area contributed by atoms with Crippen LogP contribution in [0, 0.1) is 18.3 Å². The third-order valence-corrected chi connectivity index (χ3v) is 3.43. The minimum atomic E-state index is 0.0397. The average molecular weight is 220 g/mol. The zero-order chi connectivity index (χ0) is 11.5. The van der Waals surface area contributed by atoms with Gasteiger partial charge >= 0.3 is 0 Å². The summed E-state index contributed by atoms with van der Waals surface area (Å²) in [6, 6.07) is 0.260. The summed E-state index contributed by atoms with van der Waals surface area (Å²) < 4.78 is 0. The fourth-order valence-corrected chi connectivity index (χ4v) is 2.54. The summed E-state index contributed by atoms with van der Waals surface area (Å²) in [5.74, 6) is 2.98. The Morgan fingerprint density at radius 2 is 2.38 bits per heavy atom. The van der Waals surface area contributed by atoms with E-state index in [0.717, 1.165) is 19.4 Å². The molecule has 2 saturated heterocycles. The first-order valence-corrected chi connectivity index (χ1v) is 5.71. The van der Waals surface area contributed by atoms with Gasteiger partial charge in [0.2, 0.25) is 11.8 Å². The lowest BCUT2D eigenvalue weighted by Gasteiger charge is -2.41. The first-order valence-electron chi connectivity index (χ1n) is 5.71. The zero-order valence-corrected chi connectivity index (χ0v) is 9.24. The fourth-order valence-electron chi connectivity index (χ4n) is 2.54. The number of rotatable bonds is 1. The number of fused-ring (bicyclic) bond motifs is 1. The van der Waals surface area contributed by atoms with Crippen LogP contribution in [0.5, 0.6) is 0 Å². The van der Waals surface area contributed by atoms with E-state index in [1.807, 2.05) is 4.90 Å². The summed E-state index contributed by atoms with van der Waals surface area (Å²) in [4.78, 5) is 24.7. The van der Waals surface area contributed by atoms with Crippen molar-refractivity contribution in [3.63, 3.8) is 0 Å². The van der Waals surface area contributed by atoms with Gasteiger partial charge in [-0.1, -0.05) is 5.92 Å². The number of hydrogen-bond donors (Lipinski definition) is 1. The molecule has 2 aliphatic rings. The predicted octanol–water partition coefficient (Wildman–Crippen LogP) is 0.137. The Hall–Kier alpha value is -1.50. The lowest BCUT2D eigenvalue weighted by atomic mass is 9.85. The number of carbonyl (C=O) groups excluding carboxylic acids is 2. The molecular formula is C12H16N2O2. The van der Waals surface area contributed by atoms with Crippen LogP contribution in [0.2, 0.25) is 0 Å². The van der Waals surface area contributed by atoms with E-state index in [2.05, 4.69) is 11.2 Å². The van der Waals surface area contributed by atoms with Crippen LogP contribution >= 0.6 is 0 Å². The predicted molar refractivity (Wildman–Crippen MR) is 59.3 cm³/mol. The maximum Gasteiger partial charge on any atom is 0.234 e. The molecule has 0 spiro atoms. The van der Waals surface area contributed by atoms with Crippen molar-refractivity contribution in [1.82, 2.24) is 10.2 Å². The molecule has 2 rings (SSSR count). The largest absolute Gasteiger partial charge is 0.353 e. The lowest BCUT2D eigenvalue weighted by molar-refractivity contribution is -0.133. The lowest BCUT2D eigenvalue weighted by Crippen LogP contribution is -2.55. The minimum absolute atomic E-state index is 0.0397. The molecule has 0 radical (unpaired) electrons. The number of piperidine rings is 2. The zero-order valence-electron chi connectivity index (χ0n) is 9.24. The molecule has 2 unspecified atom stereocenters. The summed E-state index contributed by atoms with van der Waals surface area (Å²) >= 11 is 0. The van der Waals surface area contributed by atoms with E-state index in [1.54, 1.807) is 0 Å². The summed E-state index contributed by atoms with van der Waals surface area (Å²) in [6.07, 6.45) is 7.64. The molecular weight excluding hydrogens is 204 g/mol. The highest BCUT2D eigenvalue weighted by Crippen LogP contribution is 2.25. The van der Waals surface area contributed by atoms with Crippen LogP contribution in [0.4, 0.5) is 0 Å². The van der Waals surface area contributed by atoms with E-state index in [1.165, 1.54) is 0 Å². The number of nitrogens with zero attached hydrogens (tertiary/aromatic N) is 1. The Bertz CT molecular complexity index is 345. The molecule has 0 saturated carbocycles. The molecule has 4 heteroatoms. The van der Waals surface area contributed by atoms with Gasteiger partial charge in [0.25, 0.3) is 0 Å². The quantitative estimate of drug-likeness (QED) is 0.639. The normalized spacial score (nSPS) is 28.9. The monoisotopic (exact) mass is 220 g/mol. The van der Waals surface area contributed by atoms with Gasteiger partial charge in [-0.3, -0.25) is 9.59 Å². The number of nitrogens with one attached hydrogen (secondary N) is 1. The first kappa shape index (κ1) is 11.0. The summed E-state index contributed by atoms with van der Waals surface area (Å²) in [6.45, 7) is 1.45. The van der Waals surface area contributed by atoms with Crippen molar-refractivity contribution in [2.45, 2.75) is 31.7 Å². The second kappa shape index (κ2) is 4.56.